The highest BCUT2D eigenvalue weighted by Crippen LogP contribution is 2.82. The van der Waals surface area contributed by atoms with Crippen LogP contribution in [0.25, 0.3) is 0 Å². The van der Waals surface area contributed by atoms with Crippen molar-refractivity contribution in [1.29, 1.82) is 0 Å². The third kappa shape index (κ3) is 7.36. The second-order valence-electron chi connectivity index (χ2n) is 32.1. The smallest absolute Gasteiger partial charge is 0.331 e. The maximum atomic E-state index is 12.3. The maximum absolute atomic E-state index is 12.3. The quantitative estimate of drug-likeness (QED) is 0.0890. The van der Waals surface area contributed by atoms with E-state index in [1.165, 1.54) is 80.9 Å². The van der Waals surface area contributed by atoms with Crippen LogP contribution in [0.1, 0.15) is 168 Å². The third-order valence-corrected chi connectivity index (χ3v) is 30.3. The molecule has 3 spiro atoms. The van der Waals surface area contributed by atoms with Gasteiger partial charge in [-0.1, -0.05) is 59.5 Å². The number of allylic oxidation sites excluding steroid dienone is 6. The van der Waals surface area contributed by atoms with Crippen molar-refractivity contribution in [3.8, 4) is 0 Å². The van der Waals surface area contributed by atoms with Crippen LogP contribution in [-0.4, -0.2) is 79.2 Å². The van der Waals surface area contributed by atoms with Crippen molar-refractivity contribution in [3.63, 3.8) is 0 Å². The van der Waals surface area contributed by atoms with E-state index in [1.807, 2.05) is 0 Å². The SMILES string of the molecule is C=C1CC2C(CC[C@@]3(CC)C2C2CC2[C@@]32C=CC(=O)O2)[C@H]2CC/C(=N\O)C=C12.CC[C@]12CCC3C(C(C4CC4)CC4=C/C(=N/O)CC[C@@H]43)C1C1CC1[C@@]21C=CC(=O)O1.CC[C@]12CCC3C(CC(CO)C4=C/C(=N/O)CC[C@@H]43)C1C1CC1[C@@]21C=CC(=O)O1. The highest BCUT2D eigenvalue weighted by atomic mass is 16.6. The number of oxime groups is 3. The summed E-state index contributed by atoms with van der Waals surface area (Å²) in [4.78, 5) is 36.5. The fourth-order valence-electron chi connectivity index (χ4n) is 27.3. The Kier molecular flexibility index (Phi) is 12.5. The Morgan fingerprint density at radius 3 is 1.48 bits per heavy atom. The predicted octanol–water partition coefficient (Wildman–Crippen LogP) is 13.5. The first-order valence-corrected chi connectivity index (χ1v) is 35.1. The maximum Gasteiger partial charge on any atom is 0.331 e. The Morgan fingerprint density at radius 1 is 0.506 bits per heavy atom. The zero-order valence-electron chi connectivity index (χ0n) is 51.6. The molecule has 16 aliphatic carbocycles. The van der Waals surface area contributed by atoms with E-state index in [4.69, 9.17) is 14.2 Å². The molecule has 87 heavy (non-hydrogen) atoms. The first-order valence-electron chi connectivity index (χ1n) is 35.1. The number of hydrogen-bond donors (Lipinski definition) is 4. The van der Waals surface area contributed by atoms with Gasteiger partial charge >= 0.3 is 17.9 Å². The van der Waals surface area contributed by atoms with Crippen molar-refractivity contribution in [2.24, 2.45) is 156 Å². The van der Waals surface area contributed by atoms with Gasteiger partial charge in [0.15, 0.2) is 0 Å². The summed E-state index contributed by atoms with van der Waals surface area (Å²) >= 11 is 0. The van der Waals surface area contributed by atoms with Gasteiger partial charge in [-0.15, -0.1) is 0 Å². The van der Waals surface area contributed by atoms with E-state index in [0.717, 1.165) is 136 Å². The van der Waals surface area contributed by atoms with Crippen molar-refractivity contribution >= 4 is 35.0 Å². The molecule has 26 atom stereocenters. The number of carbonyl (C=O) groups excluding carboxylic acids is 3. The number of carbonyl (C=O) groups is 3. The zero-order chi connectivity index (χ0) is 59.5. The Balaban J connectivity index is 0.000000102. The van der Waals surface area contributed by atoms with Gasteiger partial charge in [-0.05, 0) is 290 Å². The van der Waals surface area contributed by atoms with Gasteiger partial charge in [0.25, 0.3) is 0 Å². The van der Waals surface area contributed by atoms with Crippen LogP contribution in [-0.2, 0) is 28.6 Å². The summed E-state index contributed by atoms with van der Waals surface area (Å²) < 4.78 is 18.5. The molecule has 464 valence electrons. The number of esters is 3. The van der Waals surface area contributed by atoms with E-state index in [-0.39, 0.29) is 63.5 Å². The summed E-state index contributed by atoms with van der Waals surface area (Å²) in [7, 11) is 0. The molecule has 19 aliphatic rings. The van der Waals surface area contributed by atoms with Gasteiger partial charge in [0.2, 0.25) is 0 Å². The molecule has 0 aromatic heterocycles. The number of rotatable bonds is 5. The lowest BCUT2D eigenvalue weighted by atomic mass is 9.45. The molecule has 3 aliphatic heterocycles. The molecule has 19 rings (SSSR count). The van der Waals surface area contributed by atoms with Gasteiger partial charge in [0.05, 0.1) is 17.1 Å². The van der Waals surface area contributed by atoms with Crippen LogP contribution in [0.4, 0.5) is 0 Å². The monoisotopic (exact) mass is 1180 g/mol. The van der Waals surface area contributed by atoms with Crippen LogP contribution >= 0.6 is 0 Å². The summed E-state index contributed by atoms with van der Waals surface area (Å²) in [6, 6.07) is 0. The van der Waals surface area contributed by atoms with Gasteiger partial charge in [-0.3, -0.25) is 0 Å². The lowest BCUT2D eigenvalue weighted by molar-refractivity contribution is -0.175. The number of fused-ring (bicyclic) bond motifs is 27. The van der Waals surface area contributed by atoms with Crippen molar-refractivity contribution in [2.45, 2.75) is 185 Å². The second kappa shape index (κ2) is 19.5. The largest absolute Gasteiger partial charge is 0.451 e. The van der Waals surface area contributed by atoms with Crippen LogP contribution in [0, 0.1) is 141 Å². The van der Waals surface area contributed by atoms with Gasteiger partial charge in [0, 0.05) is 64.8 Å². The van der Waals surface area contributed by atoms with Crippen LogP contribution in [0.15, 0.2) is 99.0 Å². The Labute approximate surface area is 513 Å². The molecule has 4 N–H and O–H groups in total. The molecule has 3 heterocycles. The fraction of sp³-hybridized carbons (Fsp3) is 0.730. The normalized spacial score (nSPS) is 53.2. The van der Waals surface area contributed by atoms with Crippen molar-refractivity contribution < 1.29 is 49.3 Å². The van der Waals surface area contributed by atoms with Gasteiger partial charge in [-0.25, -0.2) is 14.4 Å². The highest BCUT2D eigenvalue weighted by Gasteiger charge is 2.82. The molecule has 0 radical (unpaired) electrons. The molecule has 0 aromatic rings. The van der Waals surface area contributed by atoms with Gasteiger partial charge < -0.3 is 34.9 Å². The number of nitrogens with zero attached hydrogens (tertiary/aromatic N) is 3. The van der Waals surface area contributed by atoms with Crippen molar-refractivity contribution in [3.05, 3.63) is 83.6 Å². The summed E-state index contributed by atoms with van der Waals surface area (Å²) in [6.45, 7) is 11.6. The molecule has 0 amide bonds. The number of ether oxygens (including phenoxy) is 3. The standard InChI is InChI=1S/C26H33NO3.C24H31NO4.C24H29NO3/c1-2-25-9-7-18-17-6-5-16(27-29)11-15(17)12-19(14-3-4-14)23(18)24(25)20-13-21(20)26(25)10-8-22(28)30-26;1-2-23-7-5-16-15-4-3-14(25-28)10-17(15)13(12-26)9-18(16)22(23)19-11-20(19)24(23)8-6-21(27)29-24;1-3-23-8-6-16-15-5-4-14(25-27)11-17(15)13(2)10-18(16)22(23)19-12-20(19)24(23)9-7-21(26)28-24/h8,10-11,14,17-21,23-24,29H,2-7,9,12-13H2,1H3;6,8,10,13,15-16,18-20,22,26,28H,2-5,7,9,11-12H2,1H3;7,9,11,15-16,18-20,22,27H,2-6,8,10,12H2,1H3/b27-16+;2*25-14+/t17-,18?,19?,20?,21?,23?,24?,25-,26-;13?,15-,16?,18?,19?,20?,22?,23+,24+;15-,16?,18?,19?,20?,22?,23+,24+/m011/s1. The minimum absolute atomic E-state index is 0.0675. The van der Waals surface area contributed by atoms with Crippen molar-refractivity contribution in [1.82, 2.24) is 0 Å². The van der Waals surface area contributed by atoms with Crippen LogP contribution < -0.4 is 0 Å². The van der Waals surface area contributed by atoms with Crippen LogP contribution in [0.5, 0.6) is 0 Å². The lowest BCUT2D eigenvalue weighted by Gasteiger charge is -2.60. The Bertz CT molecular complexity index is 3290. The van der Waals surface area contributed by atoms with Crippen LogP contribution in [0.2, 0.25) is 0 Å². The number of hydrogen-bond acceptors (Lipinski definition) is 13. The Hall–Kier alpha value is -5.04. The predicted molar refractivity (Wildman–Crippen MR) is 326 cm³/mol. The first-order chi connectivity index (χ1) is 42.2. The Morgan fingerprint density at radius 2 is 0.977 bits per heavy atom. The summed E-state index contributed by atoms with van der Waals surface area (Å²) in [5.41, 5.74) is 7.28. The van der Waals surface area contributed by atoms with E-state index < -0.39 is 0 Å². The summed E-state index contributed by atoms with van der Waals surface area (Å²) in [5, 5.41) is 48.6. The van der Waals surface area contributed by atoms with E-state index >= 15 is 0 Å². The molecule has 0 bridgehead atoms. The third-order valence-electron chi connectivity index (χ3n) is 30.3. The van der Waals surface area contributed by atoms with Gasteiger partial charge in [-0.2, -0.15) is 0 Å². The number of aliphatic hydroxyl groups is 1. The van der Waals surface area contributed by atoms with E-state index in [1.54, 1.807) is 23.8 Å². The molecule has 0 saturated heterocycles. The minimum Gasteiger partial charge on any atom is -0.451 e. The van der Waals surface area contributed by atoms with Crippen LogP contribution in [0.3, 0.4) is 0 Å². The van der Waals surface area contributed by atoms with Crippen molar-refractivity contribution in [2.75, 3.05) is 6.61 Å². The van der Waals surface area contributed by atoms with Gasteiger partial charge in [0.1, 0.15) is 16.8 Å². The molecule has 0 aromatic carbocycles. The molecule has 17 unspecified atom stereocenters. The molecular formula is C74H93N3O10. The average molecular weight is 1180 g/mol. The molecular weight excluding hydrogens is 1090 g/mol. The topological polar surface area (TPSA) is 197 Å². The summed E-state index contributed by atoms with van der Waals surface area (Å²) in [6.07, 6.45) is 44.1. The highest BCUT2D eigenvalue weighted by molar-refractivity contribution is 5.97. The number of aliphatic hydroxyl groups excluding tert-OH is 1. The van der Waals surface area contributed by atoms with E-state index in [2.05, 4.69) is 79.3 Å². The molecule has 13 fully saturated rings. The average Bonchev–Trinajstić information content (AvgIpc) is 1.51. The molecule has 13 nitrogen and oxygen atoms in total. The first kappa shape index (κ1) is 56.0. The molecule has 13 heteroatoms. The second-order valence-corrected chi connectivity index (χ2v) is 32.1. The zero-order valence-corrected chi connectivity index (χ0v) is 51.6. The minimum atomic E-state index is -0.368. The van der Waals surface area contributed by atoms with E-state index in [0.29, 0.717) is 82.9 Å². The fourth-order valence-corrected chi connectivity index (χ4v) is 27.3. The lowest BCUT2D eigenvalue weighted by Crippen LogP contribution is -2.58. The van der Waals surface area contributed by atoms with E-state index in [9.17, 15) is 35.1 Å². The summed E-state index contributed by atoms with van der Waals surface area (Å²) in [5.74, 6) is 13.0. The molecule has 13 saturated carbocycles.